The standard InChI is InChI=1S/C60H64BF3N2O/c1-35-28-37(55(2,3)4)22-23-46(35)66-50-30-38(60(62,63)64)29-49-52(50)61(54-53(66)39-20-16-17-21-51(39)67-54)45-32-42-44(59(11,12)27-25-57(42,7)8)34-48(45)65(49)47-33-43-41(56(5,6)24-26-58(43,9)10)31-40(47)36-18-14-13-15-19-36/h13-23,28-34,41,43H,24-27H2,1-12H3. The van der Waals surface area contributed by atoms with Crippen LogP contribution in [0.3, 0.4) is 0 Å². The monoisotopic (exact) mass is 897 g/mol. The van der Waals surface area contributed by atoms with Gasteiger partial charge in [-0.1, -0.05) is 149 Å². The third-order valence-corrected chi connectivity index (χ3v) is 17.1. The highest BCUT2D eigenvalue weighted by atomic mass is 19.4. The van der Waals surface area contributed by atoms with Crippen molar-refractivity contribution in [3.63, 3.8) is 0 Å². The summed E-state index contributed by atoms with van der Waals surface area (Å²) in [6, 6.07) is 32.7. The van der Waals surface area contributed by atoms with Crippen LogP contribution in [0.2, 0.25) is 0 Å². The van der Waals surface area contributed by atoms with Crippen LogP contribution in [0.1, 0.15) is 135 Å². The van der Waals surface area contributed by atoms with E-state index in [4.69, 9.17) is 4.42 Å². The first-order valence-electron chi connectivity index (χ1n) is 24.5. The molecule has 0 radical (unpaired) electrons. The zero-order chi connectivity index (χ0) is 47.5. The first-order chi connectivity index (χ1) is 31.4. The molecule has 0 bridgehead atoms. The second kappa shape index (κ2) is 14.3. The van der Waals surface area contributed by atoms with Gasteiger partial charge in [0.05, 0.1) is 16.9 Å². The highest BCUT2D eigenvalue weighted by molar-refractivity contribution is 7.00. The number of para-hydroxylation sites is 1. The number of furan rings is 1. The molecule has 67 heavy (non-hydrogen) atoms. The average Bonchev–Trinajstić information content (AvgIpc) is 3.65. The lowest BCUT2D eigenvalue weighted by Crippen LogP contribution is -2.62. The van der Waals surface area contributed by atoms with E-state index in [2.05, 4.69) is 166 Å². The zero-order valence-electron chi connectivity index (χ0n) is 41.4. The van der Waals surface area contributed by atoms with E-state index in [0.717, 1.165) is 87.1 Å². The van der Waals surface area contributed by atoms with Crippen LogP contribution in [-0.4, -0.2) is 6.71 Å². The molecule has 2 aliphatic heterocycles. The fourth-order valence-corrected chi connectivity index (χ4v) is 12.7. The highest BCUT2D eigenvalue weighted by Crippen LogP contribution is 2.59. The number of rotatable bonds is 3. The smallest absolute Gasteiger partial charge is 0.416 e. The van der Waals surface area contributed by atoms with Crippen molar-refractivity contribution in [2.45, 2.75) is 131 Å². The second-order valence-corrected chi connectivity index (χ2v) is 24.3. The largest absolute Gasteiger partial charge is 0.468 e. The lowest BCUT2D eigenvalue weighted by Gasteiger charge is -2.53. The molecule has 1 saturated carbocycles. The number of aryl methyl sites for hydroxylation is 1. The van der Waals surface area contributed by atoms with Crippen LogP contribution in [0, 0.1) is 29.6 Å². The maximum Gasteiger partial charge on any atom is 0.416 e. The van der Waals surface area contributed by atoms with E-state index >= 15 is 13.2 Å². The van der Waals surface area contributed by atoms with Crippen LogP contribution in [0.4, 0.5) is 41.6 Å². The summed E-state index contributed by atoms with van der Waals surface area (Å²) in [5.74, 6) is 0.385. The van der Waals surface area contributed by atoms with Crippen LogP contribution in [-0.2, 0) is 22.4 Å². The molecular weight excluding hydrogens is 832 g/mol. The summed E-state index contributed by atoms with van der Waals surface area (Å²) in [4.78, 5) is 4.38. The molecule has 0 N–H and O–H groups in total. The summed E-state index contributed by atoms with van der Waals surface area (Å²) in [5, 5.41) is 0.877. The van der Waals surface area contributed by atoms with E-state index in [1.54, 1.807) is 0 Å². The molecule has 3 nitrogen and oxygen atoms in total. The molecule has 3 heterocycles. The van der Waals surface area contributed by atoms with Gasteiger partial charge in [-0.2, -0.15) is 13.2 Å². The molecule has 1 aromatic heterocycles. The molecule has 0 amide bonds. The normalized spacial score (nSPS) is 22.0. The fourth-order valence-electron chi connectivity index (χ4n) is 12.7. The van der Waals surface area contributed by atoms with E-state index in [-0.39, 0.29) is 38.9 Å². The molecule has 5 aromatic carbocycles. The predicted molar refractivity (Wildman–Crippen MR) is 274 cm³/mol. The van der Waals surface area contributed by atoms with Gasteiger partial charge in [-0.3, -0.25) is 0 Å². The molecule has 3 aliphatic carbocycles. The Morgan fingerprint density at radius 2 is 1.21 bits per heavy atom. The average molecular weight is 897 g/mol. The van der Waals surface area contributed by atoms with Gasteiger partial charge in [0.25, 0.3) is 6.71 Å². The van der Waals surface area contributed by atoms with Crippen molar-refractivity contribution in [2.24, 2.45) is 22.7 Å². The summed E-state index contributed by atoms with van der Waals surface area (Å²) in [5.41, 5.74) is 13.7. The first kappa shape index (κ1) is 44.1. The minimum atomic E-state index is -4.64. The van der Waals surface area contributed by atoms with Crippen molar-refractivity contribution >= 4 is 68.3 Å². The molecular formula is C60H64BF3N2O. The van der Waals surface area contributed by atoms with Gasteiger partial charge in [0.1, 0.15) is 5.58 Å². The second-order valence-electron chi connectivity index (χ2n) is 24.3. The first-order valence-corrected chi connectivity index (χ1v) is 24.5. The quantitative estimate of drug-likeness (QED) is 0.165. The number of nitrogens with zero attached hydrogens (tertiary/aromatic N) is 2. The van der Waals surface area contributed by atoms with Gasteiger partial charge in [0, 0.05) is 39.4 Å². The SMILES string of the molecule is Cc1cc(C(C)(C)C)ccc1N1c2cc(C(F)(F)F)cc3c2B(c2cc4c(cc2N3C2=CC3C(C=C2c2ccccc2)C(C)(C)CCC3(C)C)C(C)(C)CCC4(C)C)c2oc3ccccc3c21. The van der Waals surface area contributed by atoms with E-state index in [1.807, 2.05) is 24.3 Å². The van der Waals surface area contributed by atoms with Gasteiger partial charge in [-0.15, -0.1) is 0 Å². The number of hydrogen-bond donors (Lipinski definition) is 0. The predicted octanol–water partition coefficient (Wildman–Crippen LogP) is 15.2. The summed E-state index contributed by atoms with van der Waals surface area (Å²) >= 11 is 0. The molecule has 7 heteroatoms. The van der Waals surface area contributed by atoms with E-state index in [0.29, 0.717) is 17.0 Å². The van der Waals surface area contributed by atoms with Crippen LogP contribution in [0.15, 0.2) is 119 Å². The van der Waals surface area contributed by atoms with Crippen molar-refractivity contribution < 1.29 is 17.6 Å². The number of halogens is 3. The van der Waals surface area contributed by atoms with Crippen molar-refractivity contribution in [3.8, 4) is 0 Å². The minimum Gasteiger partial charge on any atom is -0.468 e. The Morgan fingerprint density at radius 3 is 1.84 bits per heavy atom. The van der Waals surface area contributed by atoms with Crippen LogP contribution in [0.5, 0.6) is 0 Å². The molecule has 0 spiro atoms. The Labute approximate surface area is 396 Å². The van der Waals surface area contributed by atoms with Crippen molar-refractivity contribution in [3.05, 3.63) is 148 Å². The van der Waals surface area contributed by atoms with Crippen LogP contribution >= 0.6 is 0 Å². The van der Waals surface area contributed by atoms with Gasteiger partial charge in [-0.25, -0.2) is 0 Å². The summed E-state index contributed by atoms with van der Waals surface area (Å²) < 4.78 is 55.2. The van der Waals surface area contributed by atoms with Gasteiger partial charge in [0.2, 0.25) is 0 Å². The fraction of sp³-hybridized carbons (Fsp3) is 0.400. The molecule has 5 aliphatic rings. The Bertz CT molecular complexity index is 3100. The minimum absolute atomic E-state index is 0.0236. The van der Waals surface area contributed by atoms with Crippen LogP contribution < -0.4 is 26.4 Å². The topological polar surface area (TPSA) is 19.6 Å². The Hall–Kier alpha value is -5.43. The van der Waals surface area contributed by atoms with Gasteiger partial charge < -0.3 is 14.2 Å². The Morgan fingerprint density at radius 1 is 0.612 bits per heavy atom. The summed E-state index contributed by atoms with van der Waals surface area (Å²) in [7, 11) is 0. The van der Waals surface area contributed by atoms with Crippen molar-refractivity contribution in [1.29, 1.82) is 0 Å². The molecule has 6 aromatic rings. The number of allylic oxidation sites excluding steroid dienone is 3. The number of alkyl halides is 3. The van der Waals surface area contributed by atoms with E-state index < -0.39 is 18.5 Å². The molecule has 1 fully saturated rings. The molecule has 344 valence electrons. The van der Waals surface area contributed by atoms with Crippen LogP contribution in [0.25, 0.3) is 16.5 Å². The van der Waals surface area contributed by atoms with Gasteiger partial charge >= 0.3 is 6.18 Å². The molecule has 0 saturated heterocycles. The lowest BCUT2D eigenvalue weighted by molar-refractivity contribution is -0.137. The third kappa shape index (κ3) is 6.67. The molecule has 2 unspecified atom stereocenters. The van der Waals surface area contributed by atoms with Crippen molar-refractivity contribution in [1.82, 2.24) is 0 Å². The molecule has 2 atom stereocenters. The lowest BCUT2D eigenvalue weighted by atomic mass is 9.35. The van der Waals surface area contributed by atoms with Crippen molar-refractivity contribution in [2.75, 3.05) is 9.80 Å². The number of hydrogen-bond acceptors (Lipinski definition) is 3. The summed E-state index contributed by atoms with van der Waals surface area (Å²) in [6.07, 6.45) is 4.54. The maximum atomic E-state index is 16.0. The summed E-state index contributed by atoms with van der Waals surface area (Å²) in [6.45, 7) is 27.1. The number of fused-ring (bicyclic) bond motifs is 8. The van der Waals surface area contributed by atoms with E-state index in [9.17, 15) is 0 Å². The van der Waals surface area contributed by atoms with E-state index in [1.165, 1.54) is 28.8 Å². The maximum absolute atomic E-state index is 16.0. The van der Waals surface area contributed by atoms with Gasteiger partial charge in [-0.05, 0) is 147 Å². The number of anilines is 5. The number of benzene rings is 5. The Kier molecular flexibility index (Phi) is 9.42. The molecule has 11 rings (SSSR count). The van der Waals surface area contributed by atoms with Gasteiger partial charge in [0.15, 0.2) is 0 Å². The Balaban J connectivity index is 1.30. The highest BCUT2D eigenvalue weighted by Gasteiger charge is 2.53. The third-order valence-electron chi connectivity index (χ3n) is 17.1. The zero-order valence-corrected chi connectivity index (χ0v) is 41.4.